The fraction of sp³-hybridized carbons (Fsp3) is 0.263. The Kier molecular flexibility index (Phi) is 6.22. The third kappa shape index (κ3) is 4.86. The van der Waals surface area contributed by atoms with Crippen LogP contribution in [0.1, 0.15) is 36.4 Å². The minimum absolute atomic E-state index is 0.0449. The van der Waals surface area contributed by atoms with Crippen molar-refractivity contribution in [2.45, 2.75) is 25.3 Å². The normalized spacial score (nSPS) is 13.0. The molecule has 2 amide bonds. The molecule has 0 saturated carbocycles. The van der Waals surface area contributed by atoms with Gasteiger partial charge in [0.1, 0.15) is 6.04 Å². The lowest BCUT2D eigenvalue weighted by molar-refractivity contribution is -0.129. The van der Waals surface area contributed by atoms with Crippen LogP contribution in [0.2, 0.25) is 0 Å². The number of nitrogens with one attached hydrogen (secondary N) is 2. The standard InChI is InChI=1S/C19H20F2N2O2/c1-12(13-6-4-3-5-7-13)10-17(24)23-18(19(25)22-2)14-8-9-15(20)16(21)11-14/h3-9,11-12,18H,10H2,1-2H3,(H,22,25)(H,23,24). The molecule has 2 atom stereocenters. The van der Waals surface area contributed by atoms with Crippen molar-refractivity contribution in [3.05, 3.63) is 71.3 Å². The number of halogens is 2. The molecule has 4 nitrogen and oxygen atoms in total. The zero-order valence-electron chi connectivity index (χ0n) is 14.1. The summed E-state index contributed by atoms with van der Waals surface area (Å²) >= 11 is 0. The minimum Gasteiger partial charge on any atom is -0.357 e. The van der Waals surface area contributed by atoms with Crippen LogP contribution in [0, 0.1) is 11.6 Å². The number of carbonyl (C=O) groups excluding carboxylic acids is 2. The first-order valence-electron chi connectivity index (χ1n) is 7.93. The summed E-state index contributed by atoms with van der Waals surface area (Å²) in [5, 5.41) is 5.01. The molecule has 132 valence electrons. The van der Waals surface area contributed by atoms with Gasteiger partial charge in [-0.25, -0.2) is 8.78 Å². The van der Waals surface area contributed by atoms with E-state index in [0.717, 1.165) is 17.7 Å². The van der Waals surface area contributed by atoms with Gasteiger partial charge in [0.25, 0.3) is 0 Å². The monoisotopic (exact) mass is 346 g/mol. The van der Waals surface area contributed by atoms with Crippen molar-refractivity contribution in [3.63, 3.8) is 0 Å². The quantitative estimate of drug-likeness (QED) is 0.845. The Morgan fingerprint density at radius 1 is 1.00 bits per heavy atom. The van der Waals surface area contributed by atoms with Crippen molar-refractivity contribution in [2.24, 2.45) is 0 Å². The minimum atomic E-state index is -1.09. The smallest absolute Gasteiger partial charge is 0.246 e. The van der Waals surface area contributed by atoms with Crippen LogP contribution in [-0.2, 0) is 9.59 Å². The van der Waals surface area contributed by atoms with Gasteiger partial charge in [-0.2, -0.15) is 0 Å². The number of hydrogen-bond acceptors (Lipinski definition) is 2. The molecule has 0 saturated heterocycles. The summed E-state index contributed by atoms with van der Waals surface area (Å²) in [6.45, 7) is 1.90. The number of benzene rings is 2. The zero-order chi connectivity index (χ0) is 18.4. The summed E-state index contributed by atoms with van der Waals surface area (Å²) in [4.78, 5) is 24.4. The molecule has 0 heterocycles. The molecule has 2 aromatic rings. The average Bonchev–Trinajstić information content (AvgIpc) is 2.62. The predicted octanol–water partition coefficient (Wildman–Crippen LogP) is 3.06. The Morgan fingerprint density at radius 2 is 1.68 bits per heavy atom. The van der Waals surface area contributed by atoms with Crippen LogP contribution in [0.25, 0.3) is 0 Å². The van der Waals surface area contributed by atoms with Gasteiger partial charge >= 0.3 is 0 Å². The van der Waals surface area contributed by atoms with Crippen LogP contribution in [0.15, 0.2) is 48.5 Å². The van der Waals surface area contributed by atoms with E-state index in [4.69, 9.17) is 0 Å². The largest absolute Gasteiger partial charge is 0.357 e. The number of likely N-dealkylation sites (N-methyl/N-ethyl adjacent to an activating group) is 1. The second-order valence-electron chi connectivity index (χ2n) is 5.80. The van der Waals surface area contributed by atoms with Gasteiger partial charge in [-0.15, -0.1) is 0 Å². The number of rotatable bonds is 6. The van der Waals surface area contributed by atoms with E-state index in [2.05, 4.69) is 10.6 Å². The SMILES string of the molecule is CNC(=O)C(NC(=O)CC(C)c1ccccc1)c1ccc(F)c(F)c1. The summed E-state index contributed by atoms with van der Waals surface area (Å²) < 4.78 is 26.6. The maximum atomic E-state index is 13.5. The molecule has 2 unspecified atom stereocenters. The number of amides is 2. The Labute approximate surface area is 145 Å². The highest BCUT2D eigenvalue weighted by atomic mass is 19.2. The molecular formula is C19H20F2N2O2. The van der Waals surface area contributed by atoms with Gasteiger partial charge in [-0.1, -0.05) is 43.3 Å². The van der Waals surface area contributed by atoms with Crippen molar-refractivity contribution < 1.29 is 18.4 Å². The van der Waals surface area contributed by atoms with E-state index in [0.29, 0.717) is 0 Å². The predicted molar refractivity (Wildman–Crippen MR) is 90.8 cm³/mol. The van der Waals surface area contributed by atoms with E-state index in [-0.39, 0.29) is 23.8 Å². The average molecular weight is 346 g/mol. The Morgan fingerprint density at radius 3 is 2.28 bits per heavy atom. The van der Waals surface area contributed by atoms with Crippen LogP contribution in [-0.4, -0.2) is 18.9 Å². The summed E-state index contributed by atoms with van der Waals surface area (Å²) in [5.74, 6) is -2.99. The lowest BCUT2D eigenvalue weighted by atomic mass is 9.97. The first-order chi connectivity index (χ1) is 11.9. The number of hydrogen-bond donors (Lipinski definition) is 2. The maximum Gasteiger partial charge on any atom is 0.246 e. The van der Waals surface area contributed by atoms with Crippen molar-refractivity contribution in [1.29, 1.82) is 0 Å². The third-order valence-corrected chi connectivity index (χ3v) is 3.95. The molecule has 25 heavy (non-hydrogen) atoms. The van der Waals surface area contributed by atoms with Crippen molar-refractivity contribution >= 4 is 11.8 Å². The Balaban J connectivity index is 2.12. The molecule has 0 bridgehead atoms. The van der Waals surface area contributed by atoms with Crippen LogP contribution >= 0.6 is 0 Å². The first kappa shape index (κ1) is 18.6. The summed E-state index contributed by atoms with van der Waals surface area (Å²) in [5.41, 5.74) is 1.18. The van der Waals surface area contributed by atoms with E-state index < -0.39 is 23.6 Å². The lowest BCUT2D eigenvalue weighted by Gasteiger charge is -2.19. The third-order valence-electron chi connectivity index (χ3n) is 3.95. The van der Waals surface area contributed by atoms with Gasteiger partial charge in [0.15, 0.2) is 11.6 Å². The molecular weight excluding hydrogens is 326 g/mol. The highest BCUT2D eigenvalue weighted by Crippen LogP contribution is 2.21. The van der Waals surface area contributed by atoms with Gasteiger partial charge in [-0.3, -0.25) is 9.59 Å². The van der Waals surface area contributed by atoms with Crippen LogP contribution in [0.4, 0.5) is 8.78 Å². The molecule has 0 aliphatic heterocycles. The molecule has 0 radical (unpaired) electrons. The van der Waals surface area contributed by atoms with Gasteiger partial charge in [0.05, 0.1) is 0 Å². The molecule has 2 rings (SSSR count). The molecule has 0 aromatic heterocycles. The number of carbonyl (C=O) groups is 2. The highest BCUT2D eigenvalue weighted by molar-refractivity contribution is 5.88. The summed E-state index contributed by atoms with van der Waals surface area (Å²) in [7, 11) is 1.41. The van der Waals surface area contributed by atoms with Crippen molar-refractivity contribution in [3.8, 4) is 0 Å². The highest BCUT2D eigenvalue weighted by Gasteiger charge is 2.24. The van der Waals surface area contributed by atoms with Crippen molar-refractivity contribution in [1.82, 2.24) is 10.6 Å². The van der Waals surface area contributed by atoms with Crippen LogP contribution in [0.5, 0.6) is 0 Å². The summed E-state index contributed by atoms with van der Waals surface area (Å²) in [6.07, 6.45) is 0.168. The molecule has 6 heteroatoms. The van der Waals surface area contributed by atoms with E-state index in [1.165, 1.54) is 13.1 Å². The van der Waals surface area contributed by atoms with Crippen LogP contribution < -0.4 is 10.6 Å². The second kappa shape index (κ2) is 8.37. The Bertz CT molecular complexity index is 750. The zero-order valence-corrected chi connectivity index (χ0v) is 14.1. The molecule has 2 N–H and O–H groups in total. The molecule has 0 spiro atoms. The second-order valence-corrected chi connectivity index (χ2v) is 5.80. The van der Waals surface area contributed by atoms with Gasteiger partial charge in [-0.05, 0) is 29.2 Å². The molecule has 2 aromatic carbocycles. The first-order valence-corrected chi connectivity index (χ1v) is 7.93. The van der Waals surface area contributed by atoms with E-state index in [9.17, 15) is 18.4 Å². The van der Waals surface area contributed by atoms with E-state index in [1.807, 2.05) is 37.3 Å². The van der Waals surface area contributed by atoms with E-state index in [1.54, 1.807) is 0 Å². The molecule has 0 aliphatic carbocycles. The molecule has 0 fully saturated rings. The lowest BCUT2D eigenvalue weighted by Crippen LogP contribution is -2.39. The topological polar surface area (TPSA) is 58.2 Å². The van der Waals surface area contributed by atoms with Crippen LogP contribution in [0.3, 0.4) is 0 Å². The van der Waals surface area contributed by atoms with Gasteiger partial charge < -0.3 is 10.6 Å². The van der Waals surface area contributed by atoms with E-state index >= 15 is 0 Å². The fourth-order valence-electron chi connectivity index (χ4n) is 2.53. The fourth-order valence-corrected chi connectivity index (χ4v) is 2.53. The van der Waals surface area contributed by atoms with Crippen molar-refractivity contribution in [2.75, 3.05) is 7.05 Å². The van der Waals surface area contributed by atoms with Gasteiger partial charge in [0, 0.05) is 13.5 Å². The van der Waals surface area contributed by atoms with Gasteiger partial charge in [0.2, 0.25) is 11.8 Å². The molecule has 0 aliphatic rings. The summed E-state index contributed by atoms with van der Waals surface area (Å²) in [6, 6.07) is 11.5. The maximum absolute atomic E-state index is 13.5. The Hall–Kier alpha value is -2.76.